The molecule has 5 heteroatoms. The van der Waals surface area contributed by atoms with Gasteiger partial charge in [0.05, 0.1) is 7.11 Å². The SMILES string of the molecule is COc1cc2ccccc2cc1C(=O)OCC(=O)N[C@H]1CCC[C@@H](C)[C@@H]1C. The molecule has 1 N–H and O–H groups in total. The molecular formula is C22H27NO4. The van der Waals surface area contributed by atoms with Gasteiger partial charge in [-0.15, -0.1) is 0 Å². The second kappa shape index (κ2) is 8.42. The van der Waals surface area contributed by atoms with E-state index in [1.807, 2.05) is 24.3 Å². The lowest BCUT2D eigenvalue weighted by molar-refractivity contribution is -0.125. The fourth-order valence-electron chi connectivity index (χ4n) is 3.79. The van der Waals surface area contributed by atoms with E-state index >= 15 is 0 Å². The molecule has 5 nitrogen and oxygen atoms in total. The van der Waals surface area contributed by atoms with E-state index in [2.05, 4.69) is 19.2 Å². The number of hydrogen-bond acceptors (Lipinski definition) is 4. The summed E-state index contributed by atoms with van der Waals surface area (Å²) in [6, 6.07) is 11.4. The highest BCUT2D eigenvalue weighted by Gasteiger charge is 2.28. The Morgan fingerprint density at radius 3 is 2.52 bits per heavy atom. The number of fused-ring (bicyclic) bond motifs is 1. The van der Waals surface area contributed by atoms with Crippen LogP contribution in [0.2, 0.25) is 0 Å². The number of carbonyl (C=O) groups excluding carboxylic acids is 2. The molecule has 0 spiro atoms. The van der Waals surface area contributed by atoms with E-state index < -0.39 is 5.97 Å². The topological polar surface area (TPSA) is 64.6 Å². The summed E-state index contributed by atoms with van der Waals surface area (Å²) in [5.74, 6) is 0.646. The molecule has 2 aromatic rings. The van der Waals surface area contributed by atoms with Gasteiger partial charge in [0.25, 0.3) is 5.91 Å². The van der Waals surface area contributed by atoms with E-state index in [1.165, 1.54) is 13.5 Å². The van der Waals surface area contributed by atoms with Crippen molar-refractivity contribution >= 4 is 22.6 Å². The van der Waals surface area contributed by atoms with Gasteiger partial charge < -0.3 is 14.8 Å². The van der Waals surface area contributed by atoms with Crippen LogP contribution in [-0.2, 0) is 9.53 Å². The van der Waals surface area contributed by atoms with Gasteiger partial charge in [0.2, 0.25) is 0 Å². The van der Waals surface area contributed by atoms with Gasteiger partial charge in [-0.1, -0.05) is 51.0 Å². The lowest BCUT2D eigenvalue weighted by Gasteiger charge is -2.34. The first-order valence-electron chi connectivity index (χ1n) is 9.53. The van der Waals surface area contributed by atoms with Crippen LogP contribution in [0.1, 0.15) is 43.5 Å². The van der Waals surface area contributed by atoms with Crippen LogP contribution in [0.4, 0.5) is 0 Å². The zero-order valence-electron chi connectivity index (χ0n) is 16.2. The van der Waals surface area contributed by atoms with Crippen LogP contribution < -0.4 is 10.1 Å². The van der Waals surface area contributed by atoms with Crippen molar-refractivity contribution in [3.8, 4) is 5.75 Å². The van der Waals surface area contributed by atoms with Crippen LogP contribution in [0.3, 0.4) is 0 Å². The molecule has 1 fully saturated rings. The quantitative estimate of drug-likeness (QED) is 0.811. The molecule has 1 amide bonds. The van der Waals surface area contributed by atoms with Crippen LogP contribution in [0.15, 0.2) is 36.4 Å². The van der Waals surface area contributed by atoms with Gasteiger partial charge in [-0.3, -0.25) is 4.79 Å². The highest BCUT2D eigenvalue weighted by molar-refractivity contribution is 5.99. The molecule has 27 heavy (non-hydrogen) atoms. The van der Waals surface area contributed by atoms with Crippen LogP contribution in [0, 0.1) is 11.8 Å². The first kappa shape index (κ1) is 19.2. The Labute approximate surface area is 160 Å². The summed E-state index contributed by atoms with van der Waals surface area (Å²) in [5.41, 5.74) is 0.323. The normalized spacial score (nSPS) is 22.3. The predicted octanol–water partition coefficient (Wildman–Crippen LogP) is 3.95. The Balaban J connectivity index is 1.63. The number of ether oxygens (including phenoxy) is 2. The third-order valence-electron chi connectivity index (χ3n) is 5.68. The first-order chi connectivity index (χ1) is 13.0. The molecule has 3 rings (SSSR count). The molecule has 3 atom stereocenters. The Morgan fingerprint density at radius 1 is 1.11 bits per heavy atom. The minimum absolute atomic E-state index is 0.148. The number of carbonyl (C=O) groups is 2. The molecular weight excluding hydrogens is 342 g/mol. The maximum Gasteiger partial charge on any atom is 0.342 e. The molecule has 0 saturated heterocycles. The maximum absolute atomic E-state index is 12.5. The second-order valence-electron chi connectivity index (χ2n) is 7.42. The second-order valence-corrected chi connectivity index (χ2v) is 7.42. The van der Waals surface area contributed by atoms with E-state index in [-0.39, 0.29) is 18.6 Å². The van der Waals surface area contributed by atoms with E-state index in [4.69, 9.17) is 9.47 Å². The molecule has 0 heterocycles. The maximum atomic E-state index is 12.5. The Morgan fingerprint density at radius 2 is 1.81 bits per heavy atom. The van der Waals surface area contributed by atoms with Crippen molar-refractivity contribution in [1.29, 1.82) is 0 Å². The van der Waals surface area contributed by atoms with Gasteiger partial charge in [-0.25, -0.2) is 4.79 Å². The Bertz CT molecular complexity index is 832. The minimum Gasteiger partial charge on any atom is -0.496 e. The minimum atomic E-state index is -0.558. The molecule has 0 radical (unpaired) electrons. The number of methoxy groups -OCH3 is 1. The lowest BCUT2D eigenvalue weighted by atomic mass is 9.78. The fourth-order valence-corrected chi connectivity index (χ4v) is 3.79. The summed E-state index contributed by atoms with van der Waals surface area (Å²) in [6.07, 6.45) is 3.29. The average Bonchev–Trinajstić information content (AvgIpc) is 2.68. The third kappa shape index (κ3) is 4.41. The number of rotatable bonds is 5. The number of amides is 1. The standard InChI is InChI=1S/C22H27NO4/c1-14-7-6-10-19(15(14)2)23-21(24)13-27-22(25)18-11-16-8-4-5-9-17(16)12-20(18)26-3/h4-5,8-9,11-12,14-15,19H,6-7,10,13H2,1-3H3,(H,23,24)/t14-,15+,19+/m1/s1. The lowest BCUT2D eigenvalue weighted by Crippen LogP contribution is -2.45. The fraction of sp³-hybridized carbons (Fsp3) is 0.455. The monoisotopic (exact) mass is 369 g/mol. The summed E-state index contributed by atoms with van der Waals surface area (Å²) >= 11 is 0. The summed E-state index contributed by atoms with van der Waals surface area (Å²) in [7, 11) is 1.51. The Kier molecular flexibility index (Phi) is 5.99. The van der Waals surface area contributed by atoms with E-state index in [9.17, 15) is 9.59 Å². The molecule has 144 valence electrons. The van der Waals surface area contributed by atoms with Crippen molar-refractivity contribution in [3.05, 3.63) is 42.0 Å². The summed E-state index contributed by atoms with van der Waals surface area (Å²) < 4.78 is 10.6. The van der Waals surface area contributed by atoms with Crippen molar-refractivity contribution in [2.24, 2.45) is 11.8 Å². The Hall–Kier alpha value is -2.56. The molecule has 1 aliphatic rings. The molecule has 1 saturated carbocycles. The number of nitrogens with one attached hydrogen (secondary N) is 1. The van der Waals surface area contributed by atoms with Gasteiger partial charge in [-0.05, 0) is 41.2 Å². The molecule has 0 aliphatic heterocycles. The van der Waals surface area contributed by atoms with Crippen molar-refractivity contribution in [1.82, 2.24) is 5.32 Å². The summed E-state index contributed by atoms with van der Waals surface area (Å²) in [4.78, 5) is 24.7. The van der Waals surface area contributed by atoms with Crippen molar-refractivity contribution in [2.75, 3.05) is 13.7 Å². The number of esters is 1. The molecule has 0 bridgehead atoms. The number of benzene rings is 2. The predicted molar refractivity (Wildman–Crippen MR) is 105 cm³/mol. The largest absolute Gasteiger partial charge is 0.496 e. The van der Waals surface area contributed by atoms with Crippen molar-refractivity contribution < 1.29 is 19.1 Å². The average molecular weight is 369 g/mol. The first-order valence-corrected chi connectivity index (χ1v) is 9.53. The van der Waals surface area contributed by atoms with Crippen LogP contribution in [-0.4, -0.2) is 31.6 Å². The van der Waals surface area contributed by atoms with Crippen LogP contribution in [0.5, 0.6) is 5.75 Å². The third-order valence-corrected chi connectivity index (χ3v) is 5.68. The zero-order valence-corrected chi connectivity index (χ0v) is 16.2. The van der Waals surface area contributed by atoms with Crippen LogP contribution in [0.25, 0.3) is 10.8 Å². The van der Waals surface area contributed by atoms with Gasteiger partial charge in [-0.2, -0.15) is 0 Å². The molecule has 1 aliphatic carbocycles. The highest BCUT2D eigenvalue weighted by atomic mass is 16.5. The molecule has 2 aromatic carbocycles. The summed E-state index contributed by atoms with van der Waals surface area (Å²) in [6.45, 7) is 4.10. The zero-order chi connectivity index (χ0) is 19.4. The van der Waals surface area contributed by atoms with Crippen LogP contribution >= 0.6 is 0 Å². The van der Waals surface area contributed by atoms with Crippen molar-refractivity contribution in [3.63, 3.8) is 0 Å². The van der Waals surface area contributed by atoms with Gasteiger partial charge in [0, 0.05) is 6.04 Å². The van der Waals surface area contributed by atoms with Gasteiger partial charge in [0.1, 0.15) is 11.3 Å². The summed E-state index contributed by atoms with van der Waals surface area (Å²) in [5, 5.41) is 4.91. The van der Waals surface area contributed by atoms with Gasteiger partial charge in [0.15, 0.2) is 6.61 Å². The van der Waals surface area contributed by atoms with Crippen molar-refractivity contribution in [2.45, 2.75) is 39.2 Å². The van der Waals surface area contributed by atoms with E-state index in [0.29, 0.717) is 23.1 Å². The van der Waals surface area contributed by atoms with E-state index in [1.54, 1.807) is 12.1 Å². The highest BCUT2D eigenvalue weighted by Crippen LogP contribution is 2.29. The van der Waals surface area contributed by atoms with Gasteiger partial charge >= 0.3 is 5.97 Å². The molecule has 0 aromatic heterocycles. The van der Waals surface area contributed by atoms with E-state index in [0.717, 1.165) is 23.6 Å². The number of hydrogen-bond donors (Lipinski definition) is 1. The smallest absolute Gasteiger partial charge is 0.342 e. The molecule has 0 unspecified atom stereocenters.